The molecule has 0 saturated carbocycles. The SMILES string of the molecule is Nc1ccc(OCC2=CC=CCN2O)c(Cl)c1. The van der Waals surface area contributed by atoms with Gasteiger partial charge in [0.2, 0.25) is 0 Å². The summed E-state index contributed by atoms with van der Waals surface area (Å²) < 4.78 is 5.51. The lowest BCUT2D eigenvalue weighted by atomic mass is 10.3. The number of nitrogens with zero attached hydrogens (tertiary/aromatic N) is 1. The van der Waals surface area contributed by atoms with E-state index in [1.54, 1.807) is 24.3 Å². The van der Waals surface area contributed by atoms with Crippen LogP contribution in [0.2, 0.25) is 5.02 Å². The number of ether oxygens (including phenoxy) is 1. The standard InChI is InChI=1S/C12H13ClN2O2/c13-11-7-9(14)4-5-12(11)17-8-10-3-1-2-6-15(10)16/h1-5,7,16H,6,8,14H2. The zero-order valence-corrected chi connectivity index (χ0v) is 9.89. The highest BCUT2D eigenvalue weighted by atomic mass is 35.5. The minimum absolute atomic E-state index is 0.254. The topological polar surface area (TPSA) is 58.7 Å². The molecule has 0 radical (unpaired) electrons. The van der Waals surface area contributed by atoms with Crippen LogP contribution in [0.25, 0.3) is 0 Å². The van der Waals surface area contributed by atoms with Crippen molar-refractivity contribution in [1.29, 1.82) is 0 Å². The number of hydroxylamine groups is 2. The molecule has 90 valence electrons. The lowest BCUT2D eigenvalue weighted by molar-refractivity contribution is -0.0529. The number of rotatable bonds is 3. The van der Waals surface area contributed by atoms with E-state index in [1.807, 2.05) is 12.2 Å². The Labute approximate surface area is 105 Å². The maximum Gasteiger partial charge on any atom is 0.138 e. The lowest BCUT2D eigenvalue weighted by Crippen LogP contribution is -2.24. The number of anilines is 1. The van der Waals surface area contributed by atoms with E-state index in [0.717, 1.165) is 5.06 Å². The van der Waals surface area contributed by atoms with Gasteiger partial charge in [-0.1, -0.05) is 23.8 Å². The van der Waals surface area contributed by atoms with Crippen LogP contribution in [0.5, 0.6) is 5.75 Å². The van der Waals surface area contributed by atoms with Gasteiger partial charge >= 0.3 is 0 Å². The number of nitrogen functional groups attached to an aromatic ring is 1. The molecule has 0 bridgehead atoms. The Hall–Kier alpha value is -1.65. The second kappa shape index (κ2) is 5.12. The van der Waals surface area contributed by atoms with Gasteiger partial charge in [-0.25, -0.2) is 0 Å². The maximum atomic E-state index is 9.54. The zero-order valence-electron chi connectivity index (χ0n) is 9.14. The molecule has 1 aromatic carbocycles. The zero-order chi connectivity index (χ0) is 12.3. The van der Waals surface area contributed by atoms with Crippen LogP contribution in [0.1, 0.15) is 0 Å². The minimum atomic E-state index is 0.254. The third-order valence-corrected chi connectivity index (χ3v) is 2.66. The van der Waals surface area contributed by atoms with Crippen molar-refractivity contribution in [2.24, 2.45) is 0 Å². The molecule has 0 spiro atoms. The molecule has 4 nitrogen and oxygen atoms in total. The van der Waals surface area contributed by atoms with Crippen LogP contribution >= 0.6 is 11.6 Å². The van der Waals surface area contributed by atoms with E-state index in [-0.39, 0.29) is 6.61 Å². The monoisotopic (exact) mass is 252 g/mol. The summed E-state index contributed by atoms with van der Waals surface area (Å²) in [5.41, 5.74) is 6.85. The maximum absolute atomic E-state index is 9.54. The molecule has 1 aromatic rings. The van der Waals surface area contributed by atoms with Crippen LogP contribution in [0, 0.1) is 0 Å². The summed E-state index contributed by atoms with van der Waals surface area (Å²) in [5.74, 6) is 0.546. The van der Waals surface area contributed by atoms with E-state index in [2.05, 4.69) is 0 Å². The van der Waals surface area contributed by atoms with Crippen LogP contribution in [-0.4, -0.2) is 23.4 Å². The van der Waals surface area contributed by atoms with Gasteiger partial charge < -0.3 is 10.5 Å². The highest BCUT2D eigenvalue weighted by molar-refractivity contribution is 6.32. The molecule has 0 aliphatic carbocycles. The quantitative estimate of drug-likeness (QED) is 0.812. The summed E-state index contributed by atoms with van der Waals surface area (Å²) in [7, 11) is 0. The molecule has 3 N–H and O–H groups in total. The van der Waals surface area contributed by atoms with Crippen LogP contribution in [0.15, 0.2) is 42.1 Å². The van der Waals surface area contributed by atoms with Gasteiger partial charge in [0, 0.05) is 5.69 Å². The van der Waals surface area contributed by atoms with E-state index in [1.165, 1.54) is 0 Å². The molecule has 0 aromatic heterocycles. The Morgan fingerprint density at radius 1 is 1.47 bits per heavy atom. The minimum Gasteiger partial charge on any atom is -0.486 e. The Bertz CT molecular complexity index is 472. The normalized spacial score (nSPS) is 14.7. The third-order valence-electron chi connectivity index (χ3n) is 2.37. The van der Waals surface area contributed by atoms with Gasteiger partial charge in [0.1, 0.15) is 12.4 Å². The predicted molar refractivity (Wildman–Crippen MR) is 67.1 cm³/mol. The fraction of sp³-hybridized carbons (Fsp3) is 0.167. The number of nitrogens with two attached hydrogens (primary N) is 1. The molecule has 0 atom stereocenters. The summed E-state index contributed by atoms with van der Waals surface area (Å²) in [6.07, 6.45) is 5.50. The smallest absolute Gasteiger partial charge is 0.138 e. The van der Waals surface area contributed by atoms with Crippen LogP contribution in [0.4, 0.5) is 5.69 Å². The van der Waals surface area contributed by atoms with Crippen LogP contribution in [-0.2, 0) is 0 Å². The van der Waals surface area contributed by atoms with Crippen molar-refractivity contribution >= 4 is 17.3 Å². The number of halogens is 1. The molecule has 2 rings (SSSR count). The van der Waals surface area contributed by atoms with Crippen molar-refractivity contribution in [2.45, 2.75) is 0 Å². The molecule has 17 heavy (non-hydrogen) atoms. The van der Waals surface area contributed by atoms with Crippen molar-refractivity contribution in [1.82, 2.24) is 5.06 Å². The van der Waals surface area contributed by atoms with Crippen molar-refractivity contribution in [2.75, 3.05) is 18.9 Å². The highest BCUT2D eigenvalue weighted by Crippen LogP contribution is 2.26. The second-order valence-electron chi connectivity index (χ2n) is 3.65. The number of hydrogen-bond donors (Lipinski definition) is 2. The van der Waals surface area contributed by atoms with Crippen molar-refractivity contribution in [3.05, 3.63) is 47.1 Å². The first-order valence-corrected chi connectivity index (χ1v) is 5.54. The van der Waals surface area contributed by atoms with Crippen molar-refractivity contribution in [3.8, 4) is 5.75 Å². The first kappa shape index (κ1) is 11.8. The number of hydrogen-bond acceptors (Lipinski definition) is 4. The molecular weight excluding hydrogens is 240 g/mol. The average Bonchev–Trinajstić information content (AvgIpc) is 2.30. The van der Waals surface area contributed by atoms with Crippen LogP contribution in [0.3, 0.4) is 0 Å². The largest absolute Gasteiger partial charge is 0.486 e. The van der Waals surface area contributed by atoms with E-state index < -0.39 is 0 Å². The van der Waals surface area contributed by atoms with E-state index >= 15 is 0 Å². The van der Waals surface area contributed by atoms with Gasteiger partial charge in [-0.05, 0) is 24.3 Å². The van der Waals surface area contributed by atoms with Crippen molar-refractivity contribution in [3.63, 3.8) is 0 Å². The highest BCUT2D eigenvalue weighted by Gasteiger charge is 2.09. The summed E-state index contributed by atoms with van der Waals surface area (Å²) in [5, 5.41) is 11.1. The van der Waals surface area contributed by atoms with Crippen molar-refractivity contribution < 1.29 is 9.94 Å². The third kappa shape index (κ3) is 2.93. The lowest BCUT2D eigenvalue weighted by Gasteiger charge is -2.21. The summed E-state index contributed by atoms with van der Waals surface area (Å²) in [4.78, 5) is 0. The summed E-state index contributed by atoms with van der Waals surface area (Å²) >= 11 is 5.97. The van der Waals surface area contributed by atoms with E-state index in [9.17, 15) is 5.21 Å². The van der Waals surface area contributed by atoms with Gasteiger partial charge in [-0.3, -0.25) is 10.3 Å². The first-order chi connectivity index (χ1) is 8.16. The summed E-state index contributed by atoms with van der Waals surface area (Å²) in [6, 6.07) is 5.05. The first-order valence-electron chi connectivity index (χ1n) is 5.17. The molecule has 0 unspecified atom stereocenters. The Morgan fingerprint density at radius 3 is 3.00 bits per heavy atom. The van der Waals surface area contributed by atoms with Gasteiger partial charge in [-0.2, -0.15) is 0 Å². The molecule has 1 aliphatic rings. The van der Waals surface area contributed by atoms with E-state index in [4.69, 9.17) is 22.1 Å². The molecule has 0 fully saturated rings. The second-order valence-corrected chi connectivity index (χ2v) is 4.05. The van der Waals surface area contributed by atoms with Gasteiger partial charge in [-0.15, -0.1) is 0 Å². The fourth-order valence-corrected chi connectivity index (χ4v) is 1.70. The average molecular weight is 253 g/mol. The van der Waals surface area contributed by atoms with E-state index in [0.29, 0.717) is 28.7 Å². The predicted octanol–water partition coefficient (Wildman–Crippen LogP) is 2.45. The summed E-state index contributed by atoms with van der Waals surface area (Å²) in [6.45, 7) is 0.717. The molecule has 0 amide bonds. The Kier molecular flexibility index (Phi) is 3.56. The molecule has 1 aliphatic heterocycles. The molecule has 1 heterocycles. The number of allylic oxidation sites excluding steroid dienone is 2. The van der Waals surface area contributed by atoms with Gasteiger partial charge in [0.05, 0.1) is 17.3 Å². The molecular formula is C12H13ClN2O2. The Balaban J connectivity index is 2.02. The number of benzene rings is 1. The fourth-order valence-electron chi connectivity index (χ4n) is 1.45. The van der Waals surface area contributed by atoms with Gasteiger partial charge in [0.25, 0.3) is 0 Å². The molecule has 0 saturated heterocycles. The molecule has 5 heteroatoms. The Morgan fingerprint density at radius 2 is 2.29 bits per heavy atom. The van der Waals surface area contributed by atoms with Gasteiger partial charge in [0.15, 0.2) is 0 Å². The van der Waals surface area contributed by atoms with Crippen LogP contribution < -0.4 is 10.5 Å².